The van der Waals surface area contributed by atoms with Gasteiger partial charge in [-0.25, -0.2) is 8.42 Å². The fraction of sp³-hybridized carbons (Fsp3) is 0.647. The van der Waals surface area contributed by atoms with Crippen molar-refractivity contribution in [2.45, 2.75) is 44.2 Å². The van der Waals surface area contributed by atoms with Crippen LogP contribution in [0.1, 0.15) is 32.1 Å². The molecule has 2 heterocycles. The molecule has 2 aliphatic heterocycles. The van der Waals surface area contributed by atoms with Gasteiger partial charge in [-0.3, -0.25) is 4.79 Å². The Morgan fingerprint density at radius 1 is 1.28 bits per heavy atom. The standard InChI is InChI=1S/C17H24N4O3S/c18-13-9-11-3-1-4-12(10-13)15(11)19-17(22)14-5-2-6-21-7-8-25(23,24)20-16(14)21/h2,5-6,11-13,15H,1,3-4,7-10,18H2,(H,19,22). The number of fused-ring (bicyclic) bond motifs is 3. The maximum absolute atomic E-state index is 12.9. The van der Waals surface area contributed by atoms with Crippen molar-refractivity contribution in [3.63, 3.8) is 0 Å². The number of rotatable bonds is 2. The molecule has 8 heteroatoms. The SMILES string of the molecule is NC1CC2CCCC(C1)C2NC(=O)C1=CC=CN2CCS(=O)(=O)N=C12. The summed E-state index contributed by atoms with van der Waals surface area (Å²) in [5.74, 6) is 0.811. The lowest BCUT2D eigenvalue weighted by Gasteiger charge is -2.45. The molecule has 0 saturated heterocycles. The highest BCUT2D eigenvalue weighted by molar-refractivity contribution is 7.90. The first kappa shape index (κ1) is 16.8. The number of carbonyl (C=O) groups excluding carboxylic acids is 1. The Labute approximate surface area is 148 Å². The summed E-state index contributed by atoms with van der Waals surface area (Å²) in [4.78, 5) is 14.6. The number of nitrogens with two attached hydrogens (primary N) is 1. The van der Waals surface area contributed by atoms with E-state index in [1.165, 1.54) is 6.42 Å². The van der Waals surface area contributed by atoms with E-state index in [4.69, 9.17) is 5.73 Å². The molecule has 7 nitrogen and oxygen atoms in total. The van der Waals surface area contributed by atoms with Crippen LogP contribution in [0.25, 0.3) is 0 Å². The average Bonchev–Trinajstić information content (AvgIpc) is 2.54. The van der Waals surface area contributed by atoms with E-state index in [1.54, 1.807) is 23.3 Å². The predicted molar refractivity (Wildman–Crippen MR) is 95.1 cm³/mol. The Morgan fingerprint density at radius 2 is 2.00 bits per heavy atom. The molecule has 0 aromatic carbocycles. The first-order chi connectivity index (χ1) is 11.9. The van der Waals surface area contributed by atoms with Crippen molar-refractivity contribution in [2.24, 2.45) is 22.0 Å². The van der Waals surface area contributed by atoms with Gasteiger partial charge in [0.1, 0.15) is 0 Å². The van der Waals surface area contributed by atoms with Crippen molar-refractivity contribution in [3.05, 3.63) is 23.9 Å². The smallest absolute Gasteiger partial charge is 0.256 e. The molecule has 4 rings (SSSR count). The van der Waals surface area contributed by atoms with Crippen LogP contribution in [-0.2, 0) is 14.8 Å². The van der Waals surface area contributed by atoms with Gasteiger partial charge in [-0.2, -0.15) is 0 Å². The number of amides is 1. The molecule has 0 spiro atoms. The minimum atomic E-state index is -3.50. The van der Waals surface area contributed by atoms with Crippen LogP contribution >= 0.6 is 0 Å². The van der Waals surface area contributed by atoms with E-state index in [1.807, 2.05) is 0 Å². The summed E-state index contributed by atoms with van der Waals surface area (Å²) in [5, 5.41) is 3.17. The largest absolute Gasteiger partial charge is 0.349 e. The number of nitrogens with zero attached hydrogens (tertiary/aromatic N) is 2. The van der Waals surface area contributed by atoms with Gasteiger partial charge < -0.3 is 16.0 Å². The number of hydrogen-bond donors (Lipinski definition) is 2. The van der Waals surface area contributed by atoms with Crippen molar-refractivity contribution in [3.8, 4) is 0 Å². The lowest BCUT2D eigenvalue weighted by Crippen LogP contribution is -2.55. The quantitative estimate of drug-likeness (QED) is 0.743. The van der Waals surface area contributed by atoms with Gasteiger partial charge >= 0.3 is 0 Å². The van der Waals surface area contributed by atoms with Gasteiger partial charge in [0, 0.05) is 24.8 Å². The van der Waals surface area contributed by atoms with Gasteiger partial charge in [0.15, 0.2) is 5.84 Å². The summed E-state index contributed by atoms with van der Waals surface area (Å²) in [6.07, 6.45) is 10.4. The molecule has 2 aliphatic carbocycles. The van der Waals surface area contributed by atoms with Crippen LogP contribution in [0.5, 0.6) is 0 Å². The molecule has 0 aromatic heterocycles. The summed E-state index contributed by atoms with van der Waals surface area (Å²) < 4.78 is 27.5. The summed E-state index contributed by atoms with van der Waals surface area (Å²) in [7, 11) is -3.50. The van der Waals surface area contributed by atoms with Crippen molar-refractivity contribution >= 4 is 21.8 Å². The molecule has 1 amide bonds. The maximum atomic E-state index is 12.9. The van der Waals surface area contributed by atoms with Crippen LogP contribution in [0.15, 0.2) is 28.3 Å². The van der Waals surface area contributed by atoms with Crippen LogP contribution in [0.3, 0.4) is 0 Å². The number of sulfonamides is 1. The third-order valence-electron chi connectivity index (χ3n) is 5.78. The van der Waals surface area contributed by atoms with Crippen LogP contribution in [0, 0.1) is 11.8 Å². The molecule has 25 heavy (non-hydrogen) atoms. The van der Waals surface area contributed by atoms with Gasteiger partial charge in [-0.1, -0.05) is 6.42 Å². The van der Waals surface area contributed by atoms with E-state index in [2.05, 4.69) is 9.71 Å². The summed E-state index contributed by atoms with van der Waals surface area (Å²) in [6.45, 7) is 0.325. The van der Waals surface area contributed by atoms with E-state index in [9.17, 15) is 13.2 Å². The van der Waals surface area contributed by atoms with Gasteiger partial charge in [0.25, 0.3) is 15.9 Å². The third kappa shape index (κ3) is 3.25. The molecule has 4 aliphatic rings. The molecular formula is C17H24N4O3S. The van der Waals surface area contributed by atoms with E-state index in [0.29, 0.717) is 24.0 Å². The molecule has 2 unspecified atom stereocenters. The number of nitrogens with one attached hydrogen (secondary N) is 1. The topological polar surface area (TPSA) is 105 Å². The van der Waals surface area contributed by atoms with Gasteiger partial charge in [-0.05, 0) is 49.7 Å². The Kier molecular flexibility index (Phi) is 4.19. The maximum Gasteiger partial charge on any atom is 0.256 e. The second-order valence-electron chi connectivity index (χ2n) is 7.50. The highest BCUT2D eigenvalue weighted by atomic mass is 32.2. The first-order valence-electron chi connectivity index (χ1n) is 8.97. The van der Waals surface area contributed by atoms with Gasteiger partial charge in [-0.15, -0.1) is 4.40 Å². The zero-order valence-corrected chi connectivity index (χ0v) is 14.9. The first-order valence-corrected chi connectivity index (χ1v) is 10.6. The Hall–Kier alpha value is -1.67. The van der Waals surface area contributed by atoms with Crippen molar-refractivity contribution < 1.29 is 13.2 Å². The van der Waals surface area contributed by atoms with E-state index >= 15 is 0 Å². The van der Waals surface area contributed by atoms with E-state index in [-0.39, 0.29) is 29.6 Å². The highest BCUT2D eigenvalue weighted by Crippen LogP contribution is 2.39. The Bertz CT molecular complexity index is 757. The summed E-state index contributed by atoms with van der Waals surface area (Å²) >= 11 is 0. The summed E-state index contributed by atoms with van der Waals surface area (Å²) in [5.41, 5.74) is 6.48. The average molecular weight is 364 g/mol. The normalized spacial score (nSPS) is 36.1. The van der Waals surface area contributed by atoms with Crippen molar-refractivity contribution in [1.82, 2.24) is 10.2 Å². The molecule has 136 valence electrons. The monoisotopic (exact) mass is 364 g/mol. The van der Waals surface area contributed by atoms with Crippen LogP contribution in [0.2, 0.25) is 0 Å². The summed E-state index contributed by atoms with van der Waals surface area (Å²) in [6, 6.07) is 0.353. The van der Waals surface area contributed by atoms with E-state index in [0.717, 1.165) is 25.7 Å². The molecule has 2 fully saturated rings. The Balaban J connectivity index is 1.56. The van der Waals surface area contributed by atoms with Crippen molar-refractivity contribution in [1.29, 1.82) is 0 Å². The third-order valence-corrected chi connectivity index (χ3v) is 6.93. The zero-order chi connectivity index (χ0) is 17.6. The molecule has 3 N–H and O–H groups in total. The lowest BCUT2D eigenvalue weighted by atomic mass is 9.67. The minimum absolute atomic E-state index is 0.0274. The predicted octanol–water partition coefficient (Wildman–Crippen LogP) is 0.506. The van der Waals surface area contributed by atoms with Gasteiger partial charge in [0.05, 0.1) is 11.3 Å². The van der Waals surface area contributed by atoms with Crippen LogP contribution < -0.4 is 11.1 Å². The molecule has 2 saturated carbocycles. The number of carbonyl (C=O) groups is 1. The molecular weight excluding hydrogens is 340 g/mol. The zero-order valence-electron chi connectivity index (χ0n) is 14.1. The lowest BCUT2D eigenvalue weighted by molar-refractivity contribution is -0.119. The Morgan fingerprint density at radius 3 is 2.72 bits per heavy atom. The number of amidine groups is 1. The number of hydrogen-bond acceptors (Lipinski definition) is 5. The van der Waals surface area contributed by atoms with Gasteiger partial charge in [0.2, 0.25) is 0 Å². The van der Waals surface area contributed by atoms with E-state index < -0.39 is 10.0 Å². The molecule has 2 bridgehead atoms. The molecule has 0 radical (unpaired) electrons. The highest BCUT2D eigenvalue weighted by Gasteiger charge is 2.41. The molecule has 0 aromatic rings. The molecule has 2 atom stereocenters. The van der Waals surface area contributed by atoms with Crippen LogP contribution in [0.4, 0.5) is 0 Å². The minimum Gasteiger partial charge on any atom is -0.349 e. The second-order valence-corrected chi connectivity index (χ2v) is 9.25. The fourth-order valence-electron chi connectivity index (χ4n) is 4.65. The van der Waals surface area contributed by atoms with Crippen molar-refractivity contribution in [2.75, 3.05) is 12.3 Å². The van der Waals surface area contributed by atoms with Crippen LogP contribution in [-0.4, -0.2) is 49.4 Å². The number of allylic oxidation sites excluding steroid dienone is 2. The fourth-order valence-corrected chi connectivity index (χ4v) is 5.63. The second kappa shape index (κ2) is 6.25.